The first-order valence-electron chi connectivity index (χ1n) is 8.38. The third kappa shape index (κ3) is 3.66. The minimum absolute atomic E-state index is 0.0590. The number of amides is 1. The maximum absolute atomic E-state index is 13.0. The van der Waals surface area contributed by atoms with Crippen LogP contribution in [0.4, 0.5) is 0 Å². The van der Waals surface area contributed by atoms with E-state index in [1.165, 1.54) is 18.0 Å². The largest absolute Gasteiger partial charge is 0.481 e. The van der Waals surface area contributed by atoms with Crippen LogP contribution in [0.1, 0.15) is 29.6 Å². The van der Waals surface area contributed by atoms with Crippen LogP contribution >= 0.6 is 11.8 Å². The van der Waals surface area contributed by atoms with E-state index in [4.69, 9.17) is 4.74 Å². The van der Waals surface area contributed by atoms with Crippen molar-refractivity contribution in [3.63, 3.8) is 0 Å². The van der Waals surface area contributed by atoms with Crippen molar-refractivity contribution in [2.45, 2.75) is 30.7 Å². The second-order valence-corrected chi connectivity index (χ2v) is 7.13. The number of carboxylic acids is 1. The van der Waals surface area contributed by atoms with Crippen molar-refractivity contribution in [3.05, 3.63) is 41.2 Å². The molecule has 0 bridgehead atoms. The molecule has 1 fully saturated rings. The number of Topliss-reactive ketones (excluding diaryl/α,β-unsaturated/α-hetero) is 1. The summed E-state index contributed by atoms with van der Waals surface area (Å²) in [6.07, 6.45) is 6.03. The summed E-state index contributed by atoms with van der Waals surface area (Å²) in [4.78, 5) is 42.7. The Hall–Kier alpha value is -2.19. The highest BCUT2D eigenvalue weighted by Crippen LogP contribution is 2.36. The molecular formula is C18H20N2O5S. The quantitative estimate of drug-likeness (QED) is 0.724. The zero-order valence-corrected chi connectivity index (χ0v) is 15.2. The van der Waals surface area contributed by atoms with Gasteiger partial charge in [0.15, 0.2) is 5.78 Å². The molecule has 0 aromatic carbocycles. The highest BCUT2D eigenvalue weighted by Gasteiger charge is 2.43. The van der Waals surface area contributed by atoms with Gasteiger partial charge in [-0.05, 0) is 31.2 Å². The molecule has 2 aliphatic heterocycles. The Morgan fingerprint density at radius 3 is 2.85 bits per heavy atom. The van der Waals surface area contributed by atoms with Crippen LogP contribution in [0.2, 0.25) is 0 Å². The molecule has 138 valence electrons. The number of aliphatic carboxylic acids is 1. The van der Waals surface area contributed by atoms with Crippen molar-refractivity contribution in [2.24, 2.45) is 0 Å². The van der Waals surface area contributed by atoms with Crippen molar-refractivity contribution in [3.8, 4) is 0 Å². The Labute approximate surface area is 155 Å². The van der Waals surface area contributed by atoms with Crippen LogP contribution in [0.5, 0.6) is 0 Å². The van der Waals surface area contributed by atoms with Gasteiger partial charge < -0.3 is 14.7 Å². The van der Waals surface area contributed by atoms with E-state index in [-0.39, 0.29) is 23.0 Å². The Morgan fingerprint density at radius 1 is 1.46 bits per heavy atom. The van der Waals surface area contributed by atoms with Gasteiger partial charge in [0.1, 0.15) is 5.37 Å². The number of carbonyl (C=O) groups is 3. The van der Waals surface area contributed by atoms with Gasteiger partial charge in [0.25, 0.3) is 5.91 Å². The fourth-order valence-electron chi connectivity index (χ4n) is 3.36. The van der Waals surface area contributed by atoms with Crippen molar-refractivity contribution in [2.75, 3.05) is 19.4 Å². The Morgan fingerprint density at radius 2 is 2.27 bits per heavy atom. The third-order valence-corrected chi connectivity index (χ3v) is 5.45. The van der Waals surface area contributed by atoms with Crippen LogP contribution in [0.15, 0.2) is 35.7 Å². The van der Waals surface area contributed by atoms with E-state index in [1.807, 2.05) is 0 Å². The number of ketones is 1. The molecule has 2 atom stereocenters. The van der Waals surface area contributed by atoms with Crippen LogP contribution in [0.3, 0.4) is 0 Å². The highest BCUT2D eigenvalue weighted by atomic mass is 32.2. The molecule has 3 rings (SSSR count). The minimum Gasteiger partial charge on any atom is -0.481 e. The van der Waals surface area contributed by atoms with E-state index in [0.717, 1.165) is 12.8 Å². The fraction of sp³-hybridized carbons (Fsp3) is 0.444. The number of aromatic nitrogens is 1. The van der Waals surface area contributed by atoms with Crippen LogP contribution < -0.4 is 0 Å². The van der Waals surface area contributed by atoms with Gasteiger partial charge in [0, 0.05) is 42.3 Å². The molecule has 0 unspecified atom stereocenters. The number of hydrogen-bond acceptors (Lipinski definition) is 6. The molecule has 26 heavy (non-hydrogen) atoms. The zero-order valence-electron chi connectivity index (χ0n) is 14.4. The monoisotopic (exact) mass is 376 g/mol. The standard InChI is InChI=1S/C18H20N2O5S/c1-26-18-15(16(23)11-4-2-6-19-9-11)13(8-14(21)22)17(24)20(18)10-12-5-3-7-25-12/h2,4,6,9,12,18H,3,5,7-8,10H2,1H3,(H,21,22)/t12-,18+/m0/s1. The van der Waals surface area contributed by atoms with Gasteiger partial charge in [-0.2, -0.15) is 0 Å². The molecule has 7 nitrogen and oxygen atoms in total. The van der Waals surface area contributed by atoms with E-state index in [0.29, 0.717) is 18.7 Å². The number of carbonyl (C=O) groups excluding carboxylic acids is 2. The van der Waals surface area contributed by atoms with Crippen molar-refractivity contribution < 1.29 is 24.2 Å². The number of pyridine rings is 1. The first-order chi connectivity index (χ1) is 12.5. The van der Waals surface area contributed by atoms with Crippen LogP contribution in [0.25, 0.3) is 0 Å². The second kappa shape index (κ2) is 8.01. The van der Waals surface area contributed by atoms with E-state index in [1.54, 1.807) is 29.5 Å². The second-order valence-electron chi connectivity index (χ2n) is 6.21. The number of rotatable bonds is 7. The lowest BCUT2D eigenvalue weighted by Gasteiger charge is -2.27. The number of thioether (sulfide) groups is 1. The van der Waals surface area contributed by atoms with Gasteiger partial charge in [0.05, 0.1) is 12.5 Å². The van der Waals surface area contributed by atoms with Gasteiger partial charge in [-0.15, -0.1) is 11.8 Å². The molecule has 1 saturated heterocycles. The van der Waals surface area contributed by atoms with Crippen molar-refractivity contribution in [1.29, 1.82) is 0 Å². The van der Waals surface area contributed by atoms with Gasteiger partial charge in [0.2, 0.25) is 0 Å². The zero-order chi connectivity index (χ0) is 18.7. The van der Waals surface area contributed by atoms with Gasteiger partial charge in [-0.3, -0.25) is 19.4 Å². The van der Waals surface area contributed by atoms with E-state index >= 15 is 0 Å². The SMILES string of the molecule is CS[C@@H]1C(C(=O)c2cccnc2)=C(CC(=O)O)C(=O)N1C[C@@H]1CCCO1. The predicted octanol–water partition coefficient (Wildman–Crippen LogP) is 1.75. The molecule has 0 spiro atoms. The van der Waals surface area contributed by atoms with Crippen LogP contribution in [0, 0.1) is 0 Å². The molecule has 1 aromatic rings. The molecule has 1 N–H and O–H groups in total. The fourth-order valence-corrected chi connectivity index (χ4v) is 4.28. The summed E-state index contributed by atoms with van der Waals surface area (Å²) in [6, 6.07) is 3.25. The predicted molar refractivity (Wildman–Crippen MR) is 95.8 cm³/mol. The third-order valence-electron chi connectivity index (χ3n) is 4.52. The molecular weight excluding hydrogens is 356 g/mol. The summed E-state index contributed by atoms with van der Waals surface area (Å²) in [5.74, 6) is -1.88. The van der Waals surface area contributed by atoms with Gasteiger partial charge in [-0.1, -0.05) is 0 Å². The van der Waals surface area contributed by atoms with Crippen molar-refractivity contribution >= 4 is 29.4 Å². The normalized spacial score (nSPS) is 23.0. The average Bonchev–Trinajstić information content (AvgIpc) is 3.23. The summed E-state index contributed by atoms with van der Waals surface area (Å²) >= 11 is 1.35. The summed E-state index contributed by atoms with van der Waals surface area (Å²) in [5.41, 5.74) is 0.649. The molecule has 1 amide bonds. The number of carboxylic acid groups (broad SMARTS) is 1. The van der Waals surface area contributed by atoms with Crippen LogP contribution in [-0.4, -0.2) is 63.5 Å². The lowest BCUT2D eigenvalue weighted by atomic mass is 9.99. The van der Waals surface area contributed by atoms with Gasteiger partial charge in [-0.25, -0.2) is 0 Å². The highest BCUT2D eigenvalue weighted by molar-refractivity contribution is 7.99. The average molecular weight is 376 g/mol. The Kier molecular flexibility index (Phi) is 5.73. The first kappa shape index (κ1) is 18.6. The Balaban J connectivity index is 1.96. The molecule has 1 aromatic heterocycles. The molecule has 8 heteroatoms. The molecule has 3 heterocycles. The van der Waals surface area contributed by atoms with E-state index in [2.05, 4.69) is 4.98 Å². The van der Waals surface area contributed by atoms with Crippen molar-refractivity contribution in [1.82, 2.24) is 9.88 Å². The number of nitrogens with zero attached hydrogens (tertiary/aromatic N) is 2. The van der Waals surface area contributed by atoms with Gasteiger partial charge >= 0.3 is 5.97 Å². The maximum atomic E-state index is 13.0. The molecule has 0 aliphatic carbocycles. The summed E-state index contributed by atoms with van der Waals surface area (Å²) in [6.45, 7) is 1.02. The maximum Gasteiger partial charge on any atom is 0.308 e. The number of hydrogen-bond donors (Lipinski definition) is 1. The molecule has 0 radical (unpaired) electrons. The molecule has 2 aliphatic rings. The summed E-state index contributed by atoms with van der Waals surface area (Å²) < 4.78 is 5.62. The minimum atomic E-state index is -1.14. The smallest absolute Gasteiger partial charge is 0.308 e. The first-order valence-corrected chi connectivity index (χ1v) is 9.66. The summed E-state index contributed by atoms with van der Waals surface area (Å²) in [5, 5.41) is 8.71. The van der Waals surface area contributed by atoms with E-state index < -0.39 is 23.7 Å². The summed E-state index contributed by atoms with van der Waals surface area (Å²) in [7, 11) is 0. The lowest BCUT2D eigenvalue weighted by Crippen LogP contribution is -2.40. The lowest BCUT2D eigenvalue weighted by molar-refractivity contribution is -0.137. The van der Waals surface area contributed by atoms with Crippen LogP contribution in [-0.2, 0) is 14.3 Å². The molecule has 0 saturated carbocycles. The number of ether oxygens (including phenoxy) is 1. The topological polar surface area (TPSA) is 96.8 Å². The van der Waals surface area contributed by atoms with E-state index in [9.17, 15) is 19.5 Å². The Bertz CT molecular complexity index is 743.